The Morgan fingerprint density at radius 3 is 1.63 bits per heavy atom. The number of rotatable bonds is 0. The van der Waals surface area contributed by atoms with Gasteiger partial charge in [0.15, 0.2) is 11.6 Å². The van der Waals surface area contributed by atoms with E-state index in [-0.39, 0.29) is 11.6 Å². The Kier molecular flexibility index (Phi) is 6.46. The highest BCUT2D eigenvalue weighted by molar-refractivity contribution is 7.16. The first-order valence-electron chi connectivity index (χ1n) is 10.9. The number of thiazole rings is 1. The molecule has 0 N–H and O–H groups in total. The van der Waals surface area contributed by atoms with Crippen molar-refractivity contribution in [2.45, 2.75) is 0 Å². The van der Waals surface area contributed by atoms with Crippen LogP contribution >= 0.6 is 11.3 Å². The van der Waals surface area contributed by atoms with Gasteiger partial charge >= 0.3 is 0 Å². The summed E-state index contributed by atoms with van der Waals surface area (Å²) >= 11 is 1.68. The number of para-hydroxylation sites is 2. The number of fused-ring (bicyclic) bond motifs is 4. The van der Waals surface area contributed by atoms with Crippen LogP contribution in [0.25, 0.3) is 21.1 Å². The third kappa shape index (κ3) is 4.74. The smallest absolute Gasteiger partial charge is 0.194 e. The van der Waals surface area contributed by atoms with Gasteiger partial charge in [-0.1, -0.05) is 78.9 Å². The zero-order valence-corrected chi connectivity index (χ0v) is 19.4. The molecule has 6 heteroatoms. The summed E-state index contributed by atoms with van der Waals surface area (Å²) in [6.07, 6.45) is 3.37. The van der Waals surface area contributed by atoms with Crippen LogP contribution in [-0.4, -0.2) is 26.5 Å². The quantitative estimate of drug-likeness (QED) is 0.255. The number of aromatic nitrogens is 3. The number of benzene rings is 4. The fraction of sp³-hybridized carbons (Fsp3) is 0. The van der Waals surface area contributed by atoms with Gasteiger partial charge in [-0.15, -0.1) is 11.3 Å². The van der Waals surface area contributed by atoms with Crippen molar-refractivity contribution in [3.63, 3.8) is 0 Å². The number of carbonyl (C=O) groups excluding carboxylic acids is 2. The maximum Gasteiger partial charge on any atom is 0.194 e. The van der Waals surface area contributed by atoms with Crippen molar-refractivity contribution < 1.29 is 9.59 Å². The van der Waals surface area contributed by atoms with Crippen LogP contribution in [0.5, 0.6) is 0 Å². The fourth-order valence-electron chi connectivity index (χ4n) is 3.78. The first kappa shape index (κ1) is 22.3. The first-order chi connectivity index (χ1) is 17.2. The van der Waals surface area contributed by atoms with Gasteiger partial charge in [0.05, 0.1) is 21.2 Å². The number of ketones is 2. The van der Waals surface area contributed by atoms with Gasteiger partial charge in [-0.05, 0) is 18.2 Å². The molecule has 2 aromatic heterocycles. The van der Waals surface area contributed by atoms with Crippen LogP contribution in [0.15, 0.2) is 115 Å². The minimum atomic E-state index is -0.0641. The lowest BCUT2D eigenvalue weighted by molar-refractivity contribution is 0.0979. The molecule has 0 aliphatic heterocycles. The van der Waals surface area contributed by atoms with Crippen molar-refractivity contribution in [3.8, 4) is 0 Å². The Balaban J connectivity index is 0.000000115. The van der Waals surface area contributed by atoms with E-state index < -0.39 is 0 Å². The molecular weight excluding hydrogens is 454 g/mol. The van der Waals surface area contributed by atoms with Crippen molar-refractivity contribution in [2.24, 2.45) is 0 Å². The Bertz CT molecular complexity index is 1460. The summed E-state index contributed by atoms with van der Waals surface area (Å²) in [5.74, 6) is -0.128. The molecule has 1 aliphatic rings. The van der Waals surface area contributed by atoms with E-state index in [0.29, 0.717) is 22.3 Å². The molecule has 0 bridgehead atoms. The number of hydrogen-bond acceptors (Lipinski definition) is 6. The third-order valence-corrected chi connectivity index (χ3v) is 6.29. The highest BCUT2D eigenvalue weighted by Gasteiger charge is 2.28. The van der Waals surface area contributed by atoms with Crippen LogP contribution in [0.3, 0.4) is 0 Å². The van der Waals surface area contributed by atoms with Crippen molar-refractivity contribution >= 4 is 44.0 Å². The maximum atomic E-state index is 12.1. The summed E-state index contributed by atoms with van der Waals surface area (Å²) in [5, 5.41) is 1.09. The van der Waals surface area contributed by atoms with Crippen LogP contribution in [0.2, 0.25) is 0 Å². The van der Waals surface area contributed by atoms with Gasteiger partial charge in [-0.25, -0.2) is 15.0 Å². The predicted molar refractivity (Wildman–Crippen MR) is 139 cm³/mol. The minimum absolute atomic E-state index is 0.0641. The highest BCUT2D eigenvalue weighted by atomic mass is 32.1. The van der Waals surface area contributed by atoms with E-state index in [4.69, 9.17) is 0 Å². The van der Waals surface area contributed by atoms with Crippen LogP contribution in [0.4, 0.5) is 0 Å². The summed E-state index contributed by atoms with van der Waals surface area (Å²) < 4.78 is 1.26. The predicted octanol–water partition coefficient (Wildman–Crippen LogP) is 6.39. The zero-order chi connectivity index (χ0) is 24.0. The summed E-state index contributed by atoms with van der Waals surface area (Å²) in [7, 11) is 0. The Labute approximate surface area is 205 Å². The number of carbonyl (C=O) groups is 2. The molecule has 0 spiro atoms. The summed E-state index contributed by atoms with van der Waals surface area (Å²) in [6, 6.07) is 29.9. The van der Waals surface area contributed by atoms with E-state index in [1.54, 1.807) is 66.2 Å². The number of nitrogens with zero attached hydrogens (tertiary/aromatic N) is 3. The van der Waals surface area contributed by atoms with Crippen LogP contribution in [0, 0.1) is 0 Å². The molecule has 5 nitrogen and oxygen atoms in total. The molecule has 0 fully saturated rings. The Morgan fingerprint density at radius 2 is 1.06 bits per heavy atom. The van der Waals surface area contributed by atoms with Gasteiger partial charge in [-0.3, -0.25) is 9.59 Å². The molecule has 168 valence electrons. The molecule has 0 atom stereocenters. The van der Waals surface area contributed by atoms with Gasteiger partial charge in [0.2, 0.25) is 0 Å². The molecule has 7 rings (SSSR count). The van der Waals surface area contributed by atoms with Gasteiger partial charge in [0, 0.05) is 33.8 Å². The van der Waals surface area contributed by atoms with Gasteiger partial charge in [0.1, 0.15) is 6.33 Å². The van der Waals surface area contributed by atoms with Crippen molar-refractivity contribution in [1.29, 1.82) is 0 Å². The third-order valence-electron chi connectivity index (χ3n) is 5.48. The molecule has 2 heterocycles. The molecule has 0 amide bonds. The average molecular weight is 474 g/mol. The van der Waals surface area contributed by atoms with E-state index >= 15 is 0 Å². The zero-order valence-electron chi connectivity index (χ0n) is 18.5. The largest absolute Gasteiger partial charge is 0.289 e. The summed E-state index contributed by atoms with van der Waals surface area (Å²) in [5.41, 5.74) is 5.99. The summed E-state index contributed by atoms with van der Waals surface area (Å²) in [6.45, 7) is 0. The van der Waals surface area contributed by atoms with Crippen molar-refractivity contribution in [2.75, 3.05) is 0 Å². The minimum Gasteiger partial charge on any atom is -0.289 e. The molecule has 1 aliphatic carbocycles. The number of hydrogen-bond donors (Lipinski definition) is 0. The van der Waals surface area contributed by atoms with Crippen molar-refractivity contribution in [1.82, 2.24) is 15.0 Å². The topological polar surface area (TPSA) is 72.8 Å². The molecule has 35 heavy (non-hydrogen) atoms. The molecule has 0 saturated heterocycles. The molecule has 0 unspecified atom stereocenters. The van der Waals surface area contributed by atoms with E-state index in [1.807, 2.05) is 54.2 Å². The van der Waals surface area contributed by atoms with Crippen LogP contribution < -0.4 is 0 Å². The second-order valence-corrected chi connectivity index (χ2v) is 8.54. The first-order valence-corrected chi connectivity index (χ1v) is 11.8. The normalized spacial score (nSPS) is 11.5. The molecular formula is C29H19N3O2S. The lowest BCUT2D eigenvalue weighted by Gasteiger charge is -2.16. The SMILES string of the molecule is O=C1c2ccccc2C(=O)c2ccccc21.c1ccc2ncncc2c1.c1ccc2scnc2c1. The fourth-order valence-corrected chi connectivity index (χ4v) is 4.45. The molecule has 4 aromatic carbocycles. The Morgan fingerprint density at radius 1 is 0.543 bits per heavy atom. The van der Waals surface area contributed by atoms with Crippen LogP contribution in [0.1, 0.15) is 31.8 Å². The van der Waals surface area contributed by atoms with E-state index in [9.17, 15) is 9.59 Å². The molecule has 0 radical (unpaired) electrons. The molecule has 6 aromatic rings. The second kappa shape index (κ2) is 10.2. The van der Waals surface area contributed by atoms with E-state index in [2.05, 4.69) is 21.0 Å². The van der Waals surface area contributed by atoms with E-state index in [0.717, 1.165) is 16.4 Å². The highest BCUT2D eigenvalue weighted by Crippen LogP contribution is 2.26. The van der Waals surface area contributed by atoms with Crippen molar-refractivity contribution in [3.05, 3.63) is 137 Å². The van der Waals surface area contributed by atoms with Crippen LogP contribution in [-0.2, 0) is 0 Å². The Hall–Kier alpha value is -4.55. The lowest BCUT2D eigenvalue weighted by Crippen LogP contribution is -2.20. The lowest BCUT2D eigenvalue weighted by atomic mass is 9.84. The molecule has 0 saturated carbocycles. The second-order valence-electron chi connectivity index (χ2n) is 7.65. The summed E-state index contributed by atoms with van der Waals surface area (Å²) in [4.78, 5) is 36.3. The van der Waals surface area contributed by atoms with Gasteiger partial charge in [0.25, 0.3) is 0 Å². The maximum absolute atomic E-state index is 12.1. The van der Waals surface area contributed by atoms with Gasteiger partial charge < -0.3 is 0 Å². The van der Waals surface area contributed by atoms with Gasteiger partial charge in [-0.2, -0.15) is 0 Å². The monoisotopic (exact) mass is 473 g/mol. The van der Waals surface area contributed by atoms with E-state index in [1.165, 1.54) is 4.70 Å². The average Bonchev–Trinajstić information content (AvgIpc) is 3.42. The standard InChI is InChI=1S/C14H8O2.C8H6N2.C7H5NS/c15-13-9-5-1-2-6-10(9)14(16)12-8-4-3-7-11(12)13;1-2-4-8-7(3-1)5-9-6-10-8;1-2-4-7-6(3-1)8-5-9-7/h1-8H;1-6H;1-5H.